The maximum Gasteiger partial charge on any atom is 0.303 e. The summed E-state index contributed by atoms with van der Waals surface area (Å²) in [6.07, 6.45) is 6.00. The van der Waals surface area contributed by atoms with E-state index in [1.807, 2.05) is 0 Å². The number of fused-ring (bicyclic) bond motifs is 1. The van der Waals surface area contributed by atoms with Crippen molar-refractivity contribution < 1.29 is 18.7 Å². The maximum atomic E-state index is 14.8. The highest BCUT2D eigenvalue weighted by atomic mass is 127. The Kier molecular flexibility index (Phi) is 5.47. The van der Waals surface area contributed by atoms with Gasteiger partial charge in [-0.2, -0.15) is 0 Å². The van der Waals surface area contributed by atoms with Gasteiger partial charge in [0.1, 0.15) is 11.6 Å². The zero-order valence-electron chi connectivity index (χ0n) is 16.0. The number of halogens is 2. The second kappa shape index (κ2) is 7.74. The zero-order chi connectivity index (χ0) is 19.9. The van der Waals surface area contributed by atoms with Crippen molar-refractivity contribution in [3.05, 3.63) is 21.3 Å². The SMILES string of the molecule is CCC1(c2c(I)c(F)c3cnc(N[C@@H]4CCOC[C@H]4OC(C)=O)nn23)CCC1. The Morgan fingerprint density at radius 3 is 2.96 bits per heavy atom. The summed E-state index contributed by atoms with van der Waals surface area (Å²) in [6, 6.07) is -0.151. The maximum absolute atomic E-state index is 14.8. The quantitative estimate of drug-likeness (QED) is 0.499. The standard InChI is InChI=1S/C19H24FIN4O3/c1-3-19(6-4-7-19)17-16(21)15(20)13-9-22-18(24-25(13)17)23-12-5-8-27-10-14(12)28-11(2)26/h9,12,14H,3-8,10H2,1-2H3,(H,23,24)/t12-,14-/m1/s1. The van der Waals surface area contributed by atoms with Crippen LogP contribution >= 0.6 is 22.6 Å². The Morgan fingerprint density at radius 2 is 2.32 bits per heavy atom. The van der Waals surface area contributed by atoms with E-state index in [1.54, 1.807) is 4.52 Å². The molecule has 0 radical (unpaired) electrons. The van der Waals surface area contributed by atoms with Gasteiger partial charge in [0.05, 0.1) is 28.1 Å². The van der Waals surface area contributed by atoms with Crippen molar-refractivity contribution in [3.8, 4) is 0 Å². The van der Waals surface area contributed by atoms with E-state index in [1.165, 1.54) is 13.1 Å². The van der Waals surface area contributed by atoms with Crippen molar-refractivity contribution in [3.63, 3.8) is 0 Å². The van der Waals surface area contributed by atoms with Crippen LogP contribution in [0.25, 0.3) is 5.52 Å². The first kappa shape index (κ1) is 19.8. The van der Waals surface area contributed by atoms with Gasteiger partial charge in [-0.25, -0.2) is 13.9 Å². The smallest absolute Gasteiger partial charge is 0.303 e. The highest BCUT2D eigenvalue weighted by Crippen LogP contribution is 2.48. The van der Waals surface area contributed by atoms with Crippen LogP contribution in [-0.2, 0) is 19.7 Å². The molecule has 2 atom stereocenters. The lowest BCUT2D eigenvalue weighted by molar-refractivity contribution is -0.153. The lowest BCUT2D eigenvalue weighted by atomic mass is 9.65. The van der Waals surface area contributed by atoms with E-state index in [0.29, 0.717) is 34.7 Å². The Morgan fingerprint density at radius 1 is 1.54 bits per heavy atom. The summed E-state index contributed by atoms with van der Waals surface area (Å²) in [5.41, 5.74) is 1.32. The summed E-state index contributed by atoms with van der Waals surface area (Å²) in [5, 5.41) is 7.89. The molecule has 4 rings (SSSR count). The first-order chi connectivity index (χ1) is 13.4. The highest BCUT2D eigenvalue weighted by molar-refractivity contribution is 14.1. The van der Waals surface area contributed by atoms with Crippen LogP contribution in [0.15, 0.2) is 6.20 Å². The van der Waals surface area contributed by atoms with Gasteiger partial charge < -0.3 is 14.8 Å². The van der Waals surface area contributed by atoms with E-state index in [2.05, 4.69) is 44.9 Å². The summed E-state index contributed by atoms with van der Waals surface area (Å²) >= 11 is 2.09. The van der Waals surface area contributed by atoms with Crippen LogP contribution in [0.1, 0.15) is 51.6 Å². The molecule has 1 saturated carbocycles. The normalized spacial score (nSPS) is 24.0. The number of rotatable bonds is 5. The van der Waals surface area contributed by atoms with Gasteiger partial charge in [-0.15, -0.1) is 5.10 Å². The highest BCUT2D eigenvalue weighted by Gasteiger charge is 2.42. The van der Waals surface area contributed by atoms with Crippen LogP contribution in [0.4, 0.5) is 10.3 Å². The van der Waals surface area contributed by atoms with Gasteiger partial charge in [-0.05, 0) is 48.3 Å². The van der Waals surface area contributed by atoms with E-state index >= 15 is 0 Å². The van der Waals surface area contributed by atoms with E-state index in [-0.39, 0.29) is 23.2 Å². The molecule has 1 aliphatic carbocycles. The van der Waals surface area contributed by atoms with Crippen LogP contribution in [0, 0.1) is 9.39 Å². The average molecular weight is 502 g/mol. The molecule has 7 nitrogen and oxygen atoms in total. The molecule has 0 bridgehead atoms. The van der Waals surface area contributed by atoms with Crippen LogP contribution in [0.5, 0.6) is 0 Å². The fourth-order valence-electron chi connectivity index (χ4n) is 4.24. The Hall–Kier alpha value is -1.49. The van der Waals surface area contributed by atoms with Crippen molar-refractivity contribution in [2.24, 2.45) is 0 Å². The molecular weight excluding hydrogens is 478 g/mol. The summed E-state index contributed by atoms with van der Waals surface area (Å²) in [6.45, 7) is 4.43. The predicted molar refractivity (Wildman–Crippen MR) is 110 cm³/mol. The number of esters is 1. The predicted octanol–water partition coefficient (Wildman–Crippen LogP) is 3.44. The minimum atomic E-state index is -0.403. The fourth-order valence-corrected chi connectivity index (χ4v) is 5.31. The van der Waals surface area contributed by atoms with E-state index in [4.69, 9.17) is 9.47 Å². The number of anilines is 1. The number of nitrogens with one attached hydrogen (secondary N) is 1. The van der Waals surface area contributed by atoms with Gasteiger partial charge in [-0.3, -0.25) is 4.79 Å². The molecule has 28 heavy (non-hydrogen) atoms. The average Bonchev–Trinajstić information content (AvgIpc) is 2.88. The number of aromatic nitrogens is 3. The van der Waals surface area contributed by atoms with Gasteiger partial charge in [0, 0.05) is 18.9 Å². The van der Waals surface area contributed by atoms with Crippen molar-refractivity contribution in [2.45, 2.75) is 63.5 Å². The third-order valence-electron chi connectivity index (χ3n) is 6.00. The minimum absolute atomic E-state index is 0.0195. The summed E-state index contributed by atoms with van der Waals surface area (Å²) < 4.78 is 28.0. The van der Waals surface area contributed by atoms with Crippen LogP contribution in [-0.4, -0.2) is 45.9 Å². The Labute approximate surface area is 176 Å². The third-order valence-corrected chi connectivity index (χ3v) is 6.98. The zero-order valence-corrected chi connectivity index (χ0v) is 18.2. The van der Waals surface area contributed by atoms with Gasteiger partial charge in [-0.1, -0.05) is 13.3 Å². The van der Waals surface area contributed by atoms with E-state index in [9.17, 15) is 9.18 Å². The second-order valence-corrected chi connectivity index (χ2v) is 8.68. The lowest BCUT2D eigenvalue weighted by Gasteiger charge is -2.41. The topological polar surface area (TPSA) is 77.8 Å². The van der Waals surface area contributed by atoms with Crippen molar-refractivity contribution in [2.75, 3.05) is 18.5 Å². The Balaban J connectivity index is 1.68. The third kappa shape index (κ3) is 3.36. The molecule has 9 heteroatoms. The largest absolute Gasteiger partial charge is 0.458 e. The van der Waals surface area contributed by atoms with Gasteiger partial charge in [0.2, 0.25) is 5.95 Å². The molecule has 2 fully saturated rings. The fraction of sp³-hybridized carbons (Fsp3) is 0.632. The number of carbonyl (C=O) groups excluding carboxylic acids is 1. The van der Waals surface area contributed by atoms with Crippen molar-refractivity contribution >= 4 is 40.0 Å². The van der Waals surface area contributed by atoms with Crippen molar-refractivity contribution in [1.82, 2.24) is 14.6 Å². The van der Waals surface area contributed by atoms with Gasteiger partial charge in [0.25, 0.3) is 0 Å². The molecule has 0 spiro atoms. The van der Waals surface area contributed by atoms with Crippen LogP contribution in [0.3, 0.4) is 0 Å². The molecule has 152 valence electrons. The molecule has 2 aromatic heterocycles. The number of hydrogen-bond acceptors (Lipinski definition) is 6. The molecule has 3 heterocycles. The summed E-state index contributed by atoms with van der Waals surface area (Å²) in [5.74, 6) is -0.210. The van der Waals surface area contributed by atoms with E-state index < -0.39 is 6.10 Å². The lowest BCUT2D eigenvalue weighted by Crippen LogP contribution is -2.45. The van der Waals surface area contributed by atoms with Crippen LogP contribution < -0.4 is 5.32 Å². The first-order valence-corrected chi connectivity index (χ1v) is 10.8. The van der Waals surface area contributed by atoms with Crippen molar-refractivity contribution in [1.29, 1.82) is 0 Å². The number of nitrogens with zero attached hydrogens (tertiary/aromatic N) is 3. The Bertz CT molecular complexity index is 893. The molecule has 0 aromatic carbocycles. The van der Waals surface area contributed by atoms with Gasteiger partial charge in [0.15, 0.2) is 5.82 Å². The second-order valence-electron chi connectivity index (χ2n) is 7.61. The van der Waals surface area contributed by atoms with E-state index in [0.717, 1.165) is 31.4 Å². The monoisotopic (exact) mass is 502 g/mol. The summed E-state index contributed by atoms with van der Waals surface area (Å²) in [7, 11) is 0. The van der Waals surface area contributed by atoms with Crippen LogP contribution in [0.2, 0.25) is 0 Å². The molecule has 2 aromatic rings. The number of hydrogen-bond donors (Lipinski definition) is 1. The molecular formula is C19H24FIN4O3. The molecule has 0 unspecified atom stereocenters. The molecule has 2 aliphatic rings. The summed E-state index contributed by atoms with van der Waals surface area (Å²) in [4.78, 5) is 15.7. The number of carbonyl (C=O) groups is 1. The molecule has 0 amide bonds. The molecule has 1 aliphatic heterocycles. The minimum Gasteiger partial charge on any atom is -0.458 e. The molecule has 1 N–H and O–H groups in total. The first-order valence-electron chi connectivity index (χ1n) is 9.70. The van der Waals surface area contributed by atoms with Gasteiger partial charge >= 0.3 is 5.97 Å². The number of ether oxygens (including phenoxy) is 2. The molecule has 1 saturated heterocycles.